The van der Waals surface area contributed by atoms with Crippen molar-refractivity contribution < 1.29 is 4.42 Å². The quantitative estimate of drug-likeness (QED) is 0.800. The van der Waals surface area contributed by atoms with E-state index in [2.05, 4.69) is 32.2 Å². The Morgan fingerprint density at radius 2 is 2.33 bits per heavy atom. The van der Waals surface area contributed by atoms with Crippen molar-refractivity contribution in [2.45, 2.75) is 39.7 Å². The van der Waals surface area contributed by atoms with Gasteiger partial charge < -0.3 is 9.73 Å². The maximum absolute atomic E-state index is 5.43. The van der Waals surface area contributed by atoms with Crippen molar-refractivity contribution in [3.63, 3.8) is 0 Å². The molecular formula is C13H21NO. The van der Waals surface area contributed by atoms with Crippen LogP contribution in [0, 0.1) is 11.3 Å². The van der Waals surface area contributed by atoms with Gasteiger partial charge in [-0.25, -0.2) is 0 Å². The van der Waals surface area contributed by atoms with E-state index in [1.165, 1.54) is 6.42 Å². The smallest absolute Gasteiger partial charge is 0.120 e. The van der Waals surface area contributed by atoms with Crippen molar-refractivity contribution in [2.75, 3.05) is 6.54 Å². The lowest BCUT2D eigenvalue weighted by Gasteiger charge is -2.15. The molecule has 0 aliphatic heterocycles. The van der Waals surface area contributed by atoms with Gasteiger partial charge in [0.2, 0.25) is 0 Å². The SMILES string of the molecule is CCC(NCC1CC1(C)C)c1ccco1. The molecule has 0 amide bonds. The highest BCUT2D eigenvalue weighted by atomic mass is 16.3. The normalized spacial score (nSPS) is 25.1. The average molecular weight is 207 g/mol. The van der Waals surface area contributed by atoms with Crippen LogP contribution in [-0.2, 0) is 0 Å². The van der Waals surface area contributed by atoms with Crippen LogP contribution in [0.1, 0.15) is 45.4 Å². The Bertz CT molecular complexity index is 302. The Labute approximate surface area is 92.1 Å². The van der Waals surface area contributed by atoms with Crippen LogP contribution < -0.4 is 5.32 Å². The molecule has 1 aliphatic carbocycles. The molecule has 84 valence electrons. The monoisotopic (exact) mass is 207 g/mol. The molecule has 1 aromatic rings. The third-order valence-corrected chi connectivity index (χ3v) is 3.62. The fraction of sp³-hybridized carbons (Fsp3) is 0.692. The third kappa shape index (κ3) is 2.43. The van der Waals surface area contributed by atoms with Gasteiger partial charge in [-0.3, -0.25) is 0 Å². The zero-order valence-corrected chi connectivity index (χ0v) is 9.92. The van der Waals surface area contributed by atoms with Crippen molar-refractivity contribution in [1.29, 1.82) is 0 Å². The second kappa shape index (κ2) is 4.01. The standard InChI is InChI=1S/C13H21NO/c1-4-11(12-6-5-7-15-12)14-9-10-8-13(10,2)3/h5-7,10-11,14H,4,8-9H2,1-3H3. The summed E-state index contributed by atoms with van der Waals surface area (Å²) in [6, 6.07) is 4.40. The third-order valence-electron chi connectivity index (χ3n) is 3.62. The molecule has 2 rings (SSSR count). The second-order valence-corrected chi connectivity index (χ2v) is 5.27. The first kappa shape index (κ1) is 10.7. The molecule has 1 fully saturated rings. The zero-order valence-electron chi connectivity index (χ0n) is 9.92. The van der Waals surface area contributed by atoms with Crippen LogP contribution in [0.2, 0.25) is 0 Å². The molecule has 1 aliphatic rings. The minimum absolute atomic E-state index is 0.386. The Balaban J connectivity index is 1.82. The van der Waals surface area contributed by atoms with Crippen molar-refractivity contribution in [1.82, 2.24) is 5.32 Å². The van der Waals surface area contributed by atoms with Gasteiger partial charge in [-0.15, -0.1) is 0 Å². The summed E-state index contributed by atoms with van der Waals surface area (Å²) in [6.45, 7) is 7.99. The molecule has 1 aromatic heterocycles. The highest BCUT2D eigenvalue weighted by Crippen LogP contribution is 2.51. The Morgan fingerprint density at radius 3 is 2.80 bits per heavy atom. The van der Waals surface area contributed by atoms with Crippen LogP contribution >= 0.6 is 0 Å². The summed E-state index contributed by atoms with van der Waals surface area (Å²) < 4.78 is 5.43. The van der Waals surface area contributed by atoms with Gasteiger partial charge in [0, 0.05) is 0 Å². The van der Waals surface area contributed by atoms with E-state index in [0.717, 1.165) is 24.6 Å². The Morgan fingerprint density at radius 1 is 1.60 bits per heavy atom. The summed E-state index contributed by atoms with van der Waals surface area (Å²) in [5, 5.41) is 3.60. The van der Waals surface area contributed by atoms with E-state index in [1.807, 2.05) is 6.07 Å². The topological polar surface area (TPSA) is 25.2 Å². The van der Waals surface area contributed by atoms with Crippen LogP contribution in [0.25, 0.3) is 0 Å². The van der Waals surface area contributed by atoms with Crippen LogP contribution in [0.3, 0.4) is 0 Å². The molecule has 0 bridgehead atoms. The Hall–Kier alpha value is -0.760. The van der Waals surface area contributed by atoms with Gasteiger partial charge in [-0.05, 0) is 42.9 Å². The number of furan rings is 1. The molecule has 1 heterocycles. The molecule has 2 heteroatoms. The van der Waals surface area contributed by atoms with Gasteiger partial charge in [0.15, 0.2) is 0 Å². The first-order valence-electron chi connectivity index (χ1n) is 5.90. The lowest BCUT2D eigenvalue weighted by molar-refractivity contribution is 0.388. The lowest BCUT2D eigenvalue weighted by atomic mass is 10.1. The maximum Gasteiger partial charge on any atom is 0.120 e. The highest BCUT2D eigenvalue weighted by Gasteiger charge is 2.45. The van der Waals surface area contributed by atoms with Crippen molar-refractivity contribution in [2.24, 2.45) is 11.3 Å². The number of rotatable bonds is 5. The molecule has 15 heavy (non-hydrogen) atoms. The Kier molecular flexibility index (Phi) is 2.87. The van der Waals surface area contributed by atoms with E-state index in [1.54, 1.807) is 6.26 Å². The number of nitrogens with one attached hydrogen (secondary N) is 1. The summed E-state index contributed by atoms with van der Waals surface area (Å²) in [6.07, 6.45) is 4.19. The van der Waals surface area contributed by atoms with Gasteiger partial charge in [-0.2, -0.15) is 0 Å². The fourth-order valence-electron chi connectivity index (χ4n) is 2.14. The minimum Gasteiger partial charge on any atom is -0.468 e. The zero-order chi connectivity index (χ0) is 10.9. The molecule has 0 saturated heterocycles. The summed E-state index contributed by atoms with van der Waals surface area (Å²) >= 11 is 0. The van der Waals surface area contributed by atoms with E-state index in [0.29, 0.717) is 11.5 Å². The molecule has 2 atom stereocenters. The van der Waals surface area contributed by atoms with Crippen LogP contribution in [0.4, 0.5) is 0 Å². The first-order chi connectivity index (χ1) is 7.13. The average Bonchev–Trinajstić information content (AvgIpc) is 2.68. The molecule has 1 saturated carbocycles. The van der Waals surface area contributed by atoms with Gasteiger partial charge in [-0.1, -0.05) is 20.8 Å². The summed E-state index contributed by atoms with van der Waals surface area (Å²) in [7, 11) is 0. The molecule has 0 spiro atoms. The van der Waals surface area contributed by atoms with Gasteiger partial charge >= 0.3 is 0 Å². The highest BCUT2D eigenvalue weighted by molar-refractivity contribution is 5.05. The molecule has 2 unspecified atom stereocenters. The minimum atomic E-state index is 0.386. The summed E-state index contributed by atoms with van der Waals surface area (Å²) in [5.74, 6) is 1.91. The molecule has 2 nitrogen and oxygen atoms in total. The van der Waals surface area contributed by atoms with E-state index in [-0.39, 0.29) is 0 Å². The second-order valence-electron chi connectivity index (χ2n) is 5.27. The summed E-state index contributed by atoms with van der Waals surface area (Å²) in [4.78, 5) is 0. The van der Waals surface area contributed by atoms with Gasteiger partial charge in [0.1, 0.15) is 5.76 Å². The first-order valence-corrected chi connectivity index (χ1v) is 5.90. The number of hydrogen-bond donors (Lipinski definition) is 1. The van der Waals surface area contributed by atoms with Gasteiger partial charge in [0.05, 0.1) is 12.3 Å². The molecule has 0 aromatic carbocycles. The van der Waals surface area contributed by atoms with E-state index in [9.17, 15) is 0 Å². The van der Waals surface area contributed by atoms with E-state index in [4.69, 9.17) is 4.42 Å². The maximum atomic E-state index is 5.43. The van der Waals surface area contributed by atoms with E-state index < -0.39 is 0 Å². The summed E-state index contributed by atoms with van der Waals surface area (Å²) in [5.41, 5.74) is 0.564. The van der Waals surface area contributed by atoms with Crippen LogP contribution in [-0.4, -0.2) is 6.54 Å². The molecule has 0 radical (unpaired) electrons. The van der Waals surface area contributed by atoms with Gasteiger partial charge in [0.25, 0.3) is 0 Å². The van der Waals surface area contributed by atoms with Crippen molar-refractivity contribution in [3.05, 3.63) is 24.2 Å². The predicted octanol–water partition coefficient (Wildman–Crippen LogP) is 3.37. The fourth-order valence-corrected chi connectivity index (χ4v) is 2.14. The van der Waals surface area contributed by atoms with Crippen LogP contribution in [0.5, 0.6) is 0 Å². The predicted molar refractivity (Wildman–Crippen MR) is 61.6 cm³/mol. The number of hydrogen-bond acceptors (Lipinski definition) is 2. The van der Waals surface area contributed by atoms with Crippen molar-refractivity contribution >= 4 is 0 Å². The molecular weight excluding hydrogens is 186 g/mol. The van der Waals surface area contributed by atoms with E-state index >= 15 is 0 Å². The largest absolute Gasteiger partial charge is 0.468 e. The van der Waals surface area contributed by atoms with Crippen molar-refractivity contribution in [3.8, 4) is 0 Å². The van der Waals surface area contributed by atoms with Crippen LogP contribution in [0.15, 0.2) is 22.8 Å². The molecule has 1 N–H and O–H groups in total. The lowest BCUT2D eigenvalue weighted by Crippen LogP contribution is -2.23.